The van der Waals surface area contributed by atoms with E-state index in [1.54, 1.807) is 12.1 Å². The van der Waals surface area contributed by atoms with Crippen LogP contribution < -0.4 is 15.4 Å². The maximum atomic E-state index is 13.3. The molecular formula is C18H29FN4O3S. The number of ether oxygens (including phenoxy) is 1. The monoisotopic (exact) mass is 400 g/mol. The first-order valence-electron chi connectivity index (χ1n) is 9.36. The summed E-state index contributed by atoms with van der Waals surface area (Å²) < 4.78 is 44.2. The normalized spacial score (nSPS) is 18.3. The summed E-state index contributed by atoms with van der Waals surface area (Å²) in [6.45, 7) is 6.52. The van der Waals surface area contributed by atoms with Gasteiger partial charge in [-0.2, -0.15) is 0 Å². The summed E-state index contributed by atoms with van der Waals surface area (Å²) in [5.74, 6) is 0.985. The first-order chi connectivity index (χ1) is 12.9. The zero-order valence-corrected chi connectivity index (χ0v) is 16.8. The van der Waals surface area contributed by atoms with Crippen molar-refractivity contribution in [2.24, 2.45) is 4.99 Å². The average Bonchev–Trinajstić information content (AvgIpc) is 2.96. The smallest absolute Gasteiger partial charge is 0.214 e. The maximum absolute atomic E-state index is 13.3. The zero-order chi connectivity index (χ0) is 19.7. The molecule has 1 fully saturated rings. The Morgan fingerprint density at radius 1 is 1.37 bits per heavy atom. The van der Waals surface area contributed by atoms with Gasteiger partial charge in [-0.1, -0.05) is 13.0 Å². The Hall–Kier alpha value is -1.87. The SMILES string of the molecule is CCNC(=NCC(CC)Oc1cccc(F)c1)NCCN1CCCS1(=O)=O. The van der Waals surface area contributed by atoms with Gasteiger partial charge in [-0.25, -0.2) is 22.1 Å². The van der Waals surface area contributed by atoms with Crippen molar-refractivity contribution in [1.29, 1.82) is 0 Å². The van der Waals surface area contributed by atoms with Gasteiger partial charge in [0.25, 0.3) is 0 Å². The molecule has 1 aliphatic heterocycles. The lowest BCUT2D eigenvalue weighted by Crippen LogP contribution is -2.42. The molecule has 1 saturated heterocycles. The standard InChI is InChI=1S/C18H29FN4O3S/c1-3-16(26-17-8-5-7-15(19)13-17)14-22-18(20-4-2)21-9-11-23-10-6-12-27(23,24)25/h5,7-8,13,16H,3-4,6,9-12,14H2,1-2H3,(H2,20,21,22). The van der Waals surface area contributed by atoms with Gasteiger partial charge in [0.15, 0.2) is 5.96 Å². The quantitative estimate of drug-likeness (QED) is 0.486. The first kappa shape index (κ1) is 21.4. The molecule has 1 heterocycles. The van der Waals surface area contributed by atoms with E-state index in [1.165, 1.54) is 16.4 Å². The molecule has 0 aliphatic carbocycles. The van der Waals surface area contributed by atoms with Crippen LogP contribution in [0.5, 0.6) is 5.75 Å². The second-order valence-electron chi connectivity index (χ2n) is 6.32. The Balaban J connectivity index is 1.86. The number of hydrogen-bond acceptors (Lipinski definition) is 4. The van der Waals surface area contributed by atoms with Crippen molar-refractivity contribution in [3.05, 3.63) is 30.1 Å². The van der Waals surface area contributed by atoms with E-state index in [9.17, 15) is 12.8 Å². The molecule has 1 aromatic carbocycles. The van der Waals surface area contributed by atoms with E-state index in [1.807, 2.05) is 13.8 Å². The van der Waals surface area contributed by atoms with Crippen LogP contribution in [0.2, 0.25) is 0 Å². The van der Waals surface area contributed by atoms with E-state index in [0.717, 1.165) is 6.42 Å². The van der Waals surface area contributed by atoms with Crippen LogP contribution in [-0.2, 0) is 10.0 Å². The van der Waals surface area contributed by atoms with E-state index < -0.39 is 10.0 Å². The van der Waals surface area contributed by atoms with Crippen LogP contribution in [0.15, 0.2) is 29.3 Å². The van der Waals surface area contributed by atoms with Crippen LogP contribution in [-0.4, -0.2) is 63.3 Å². The highest BCUT2D eigenvalue weighted by Gasteiger charge is 2.27. The van der Waals surface area contributed by atoms with E-state index >= 15 is 0 Å². The molecule has 9 heteroatoms. The Bertz CT molecular complexity index is 727. The van der Waals surface area contributed by atoms with Gasteiger partial charge >= 0.3 is 0 Å². The Morgan fingerprint density at radius 3 is 2.81 bits per heavy atom. The fraction of sp³-hybridized carbons (Fsp3) is 0.611. The van der Waals surface area contributed by atoms with Gasteiger partial charge in [0, 0.05) is 32.2 Å². The fourth-order valence-corrected chi connectivity index (χ4v) is 4.29. The lowest BCUT2D eigenvalue weighted by molar-refractivity contribution is 0.205. The van der Waals surface area contributed by atoms with Crippen molar-refractivity contribution in [2.75, 3.05) is 38.5 Å². The predicted molar refractivity (Wildman–Crippen MR) is 105 cm³/mol. The minimum Gasteiger partial charge on any atom is -0.488 e. The predicted octanol–water partition coefficient (Wildman–Crippen LogP) is 1.57. The Kier molecular flexibility index (Phi) is 8.30. The number of sulfonamides is 1. The molecule has 1 aromatic rings. The summed E-state index contributed by atoms with van der Waals surface area (Å²) in [7, 11) is -3.08. The number of nitrogens with zero attached hydrogens (tertiary/aromatic N) is 2. The van der Waals surface area contributed by atoms with E-state index in [-0.39, 0.29) is 17.7 Å². The van der Waals surface area contributed by atoms with Crippen molar-refractivity contribution in [3.8, 4) is 5.75 Å². The number of hydrogen-bond donors (Lipinski definition) is 2. The second-order valence-corrected chi connectivity index (χ2v) is 8.41. The van der Waals surface area contributed by atoms with Crippen LogP contribution in [0.25, 0.3) is 0 Å². The molecule has 1 atom stereocenters. The van der Waals surface area contributed by atoms with Crippen LogP contribution in [0.3, 0.4) is 0 Å². The molecule has 0 bridgehead atoms. The molecule has 152 valence electrons. The summed E-state index contributed by atoms with van der Waals surface area (Å²) >= 11 is 0. The van der Waals surface area contributed by atoms with Crippen molar-refractivity contribution >= 4 is 16.0 Å². The zero-order valence-electron chi connectivity index (χ0n) is 15.9. The molecule has 0 radical (unpaired) electrons. The molecule has 2 rings (SSSR count). The summed E-state index contributed by atoms with van der Waals surface area (Å²) in [4.78, 5) is 4.51. The lowest BCUT2D eigenvalue weighted by Gasteiger charge is -2.18. The minimum absolute atomic E-state index is 0.179. The minimum atomic E-state index is -3.08. The highest BCUT2D eigenvalue weighted by Crippen LogP contribution is 2.15. The number of halogens is 1. The molecule has 0 spiro atoms. The third-order valence-corrected chi connectivity index (χ3v) is 6.16. The summed E-state index contributed by atoms with van der Waals surface area (Å²) in [5.41, 5.74) is 0. The van der Waals surface area contributed by atoms with Gasteiger partial charge < -0.3 is 15.4 Å². The van der Waals surface area contributed by atoms with Crippen LogP contribution in [0, 0.1) is 5.82 Å². The van der Waals surface area contributed by atoms with Gasteiger partial charge in [-0.05, 0) is 31.9 Å². The molecule has 7 nitrogen and oxygen atoms in total. The third-order valence-electron chi connectivity index (χ3n) is 4.21. The van der Waals surface area contributed by atoms with Crippen molar-refractivity contribution in [2.45, 2.75) is 32.8 Å². The second kappa shape index (κ2) is 10.5. The van der Waals surface area contributed by atoms with Gasteiger partial charge in [0.05, 0.1) is 12.3 Å². The first-order valence-corrected chi connectivity index (χ1v) is 11.0. The number of aliphatic imine (C=N–C) groups is 1. The summed E-state index contributed by atoms with van der Waals surface area (Å²) in [6.07, 6.45) is 1.23. The fourth-order valence-electron chi connectivity index (χ4n) is 2.76. The number of rotatable bonds is 9. The molecule has 27 heavy (non-hydrogen) atoms. The van der Waals surface area contributed by atoms with Crippen molar-refractivity contribution in [1.82, 2.24) is 14.9 Å². The maximum Gasteiger partial charge on any atom is 0.214 e. The van der Waals surface area contributed by atoms with Gasteiger partial charge in [-0.3, -0.25) is 0 Å². The highest BCUT2D eigenvalue weighted by molar-refractivity contribution is 7.89. The van der Waals surface area contributed by atoms with Crippen LogP contribution in [0.1, 0.15) is 26.7 Å². The van der Waals surface area contributed by atoms with Crippen LogP contribution >= 0.6 is 0 Å². The van der Waals surface area contributed by atoms with Gasteiger partial charge in [-0.15, -0.1) is 0 Å². The summed E-state index contributed by atoms with van der Waals surface area (Å²) in [6, 6.07) is 6.06. The molecule has 1 aliphatic rings. The largest absolute Gasteiger partial charge is 0.488 e. The Labute approximate surface area is 161 Å². The topological polar surface area (TPSA) is 83.0 Å². The highest BCUT2D eigenvalue weighted by atomic mass is 32.2. The molecule has 0 amide bonds. The van der Waals surface area contributed by atoms with Crippen molar-refractivity contribution < 1.29 is 17.5 Å². The van der Waals surface area contributed by atoms with E-state index in [4.69, 9.17) is 4.74 Å². The van der Waals surface area contributed by atoms with E-state index in [2.05, 4.69) is 15.6 Å². The third kappa shape index (κ3) is 6.99. The molecular weight excluding hydrogens is 371 g/mol. The van der Waals surface area contributed by atoms with Crippen molar-refractivity contribution in [3.63, 3.8) is 0 Å². The number of nitrogens with one attached hydrogen (secondary N) is 2. The number of benzene rings is 1. The molecule has 2 N–H and O–H groups in total. The summed E-state index contributed by atoms with van der Waals surface area (Å²) in [5, 5.41) is 6.29. The van der Waals surface area contributed by atoms with E-state index in [0.29, 0.717) is 50.9 Å². The number of guanidine groups is 1. The van der Waals surface area contributed by atoms with Gasteiger partial charge in [0.1, 0.15) is 17.7 Å². The van der Waals surface area contributed by atoms with Crippen LogP contribution in [0.4, 0.5) is 4.39 Å². The molecule has 0 saturated carbocycles. The molecule has 1 unspecified atom stereocenters. The van der Waals surface area contributed by atoms with Gasteiger partial charge in [0.2, 0.25) is 10.0 Å². The molecule has 0 aromatic heterocycles. The lowest BCUT2D eigenvalue weighted by atomic mass is 10.2. The Morgan fingerprint density at radius 2 is 2.19 bits per heavy atom. The average molecular weight is 401 g/mol.